The summed E-state index contributed by atoms with van der Waals surface area (Å²) in [6, 6.07) is 0. The molecule has 2 saturated heterocycles. The van der Waals surface area contributed by atoms with Crippen LogP contribution in [-0.2, 0) is 4.74 Å². The smallest absolute Gasteiger partial charge is 0.0540 e. The minimum absolute atomic E-state index is 0.00974. The van der Waals surface area contributed by atoms with Crippen molar-refractivity contribution in [1.29, 1.82) is 0 Å². The van der Waals surface area contributed by atoms with Crippen LogP contribution in [0.2, 0.25) is 0 Å². The molecule has 1 spiro atoms. The van der Waals surface area contributed by atoms with Crippen molar-refractivity contribution in [2.75, 3.05) is 32.8 Å². The van der Waals surface area contributed by atoms with Crippen molar-refractivity contribution in [3.63, 3.8) is 0 Å². The van der Waals surface area contributed by atoms with Crippen LogP contribution >= 0.6 is 0 Å². The number of hydrogen-bond donors (Lipinski definition) is 1. The van der Waals surface area contributed by atoms with Crippen molar-refractivity contribution in [3.05, 3.63) is 0 Å². The fraction of sp³-hybridized carbons (Fsp3) is 1.00. The third-order valence-electron chi connectivity index (χ3n) is 5.00. The van der Waals surface area contributed by atoms with E-state index in [9.17, 15) is 5.11 Å². The third-order valence-corrected chi connectivity index (χ3v) is 5.00. The molecular weight excluding hydrogens is 214 g/mol. The summed E-state index contributed by atoms with van der Waals surface area (Å²) in [7, 11) is 0. The lowest BCUT2D eigenvalue weighted by Gasteiger charge is -2.53. The van der Waals surface area contributed by atoms with E-state index < -0.39 is 0 Å². The van der Waals surface area contributed by atoms with Crippen LogP contribution in [0.25, 0.3) is 0 Å². The van der Waals surface area contributed by atoms with E-state index in [0.717, 1.165) is 32.0 Å². The van der Waals surface area contributed by atoms with Gasteiger partial charge in [0.15, 0.2) is 0 Å². The predicted octanol–water partition coefficient (Wildman–Crippen LogP) is 1.65. The van der Waals surface area contributed by atoms with Crippen molar-refractivity contribution in [3.8, 4) is 0 Å². The molecular formula is C14H25NO2. The van der Waals surface area contributed by atoms with Gasteiger partial charge in [-0.05, 0) is 44.4 Å². The second-order valence-corrected chi connectivity index (χ2v) is 6.46. The van der Waals surface area contributed by atoms with E-state index in [-0.39, 0.29) is 6.10 Å². The van der Waals surface area contributed by atoms with E-state index in [4.69, 9.17) is 4.74 Å². The molecule has 3 aliphatic rings. The van der Waals surface area contributed by atoms with Crippen LogP contribution in [0.3, 0.4) is 0 Å². The summed E-state index contributed by atoms with van der Waals surface area (Å²) in [5.74, 6) is 0.843. The Hall–Kier alpha value is -0.120. The molecule has 0 bridgehead atoms. The first kappa shape index (κ1) is 11.9. The number of ether oxygens (including phenoxy) is 1. The number of likely N-dealkylation sites (tertiary alicyclic amines) is 1. The molecule has 0 radical (unpaired) electrons. The molecule has 1 aliphatic carbocycles. The molecule has 1 saturated carbocycles. The molecule has 0 aromatic carbocycles. The Morgan fingerprint density at radius 2 is 1.71 bits per heavy atom. The zero-order valence-electron chi connectivity index (χ0n) is 10.7. The summed E-state index contributed by atoms with van der Waals surface area (Å²) in [5, 5.41) is 9.50. The Balaban J connectivity index is 1.40. The molecule has 3 nitrogen and oxygen atoms in total. The first-order valence-electron chi connectivity index (χ1n) is 7.24. The van der Waals surface area contributed by atoms with Gasteiger partial charge in [0.1, 0.15) is 0 Å². The predicted molar refractivity (Wildman–Crippen MR) is 66.9 cm³/mol. The van der Waals surface area contributed by atoms with Gasteiger partial charge in [0.25, 0.3) is 0 Å². The number of aliphatic hydroxyl groups is 1. The molecule has 0 aromatic heterocycles. The van der Waals surface area contributed by atoms with E-state index in [1.165, 1.54) is 45.3 Å². The topological polar surface area (TPSA) is 32.7 Å². The Morgan fingerprint density at radius 3 is 2.35 bits per heavy atom. The molecule has 3 fully saturated rings. The van der Waals surface area contributed by atoms with E-state index in [1.807, 2.05) is 0 Å². The summed E-state index contributed by atoms with van der Waals surface area (Å²) >= 11 is 0. The third kappa shape index (κ3) is 2.67. The maximum Gasteiger partial charge on any atom is 0.0540 e. The van der Waals surface area contributed by atoms with Gasteiger partial charge in [-0.2, -0.15) is 0 Å². The molecule has 0 amide bonds. The van der Waals surface area contributed by atoms with Gasteiger partial charge >= 0.3 is 0 Å². The zero-order chi connectivity index (χ0) is 11.7. The molecule has 0 aromatic rings. The average Bonchev–Trinajstić information content (AvgIpc) is 2.31. The summed E-state index contributed by atoms with van der Waals surface area (Å²) in [6.45, 7) is 5.83. The maximum atomic E-state index is 9.50. The van der Waals surface area contributed by atoms with E-state index >= 15 is 0 Å². The Labute approximate surface area is 104 Å². The minimum atomic E-state index is -0.00974. The summed E-state index contributed by atoms with van der Waals surface area (Å²) in [4.78, 5) is 2.63. The van der Waals surface area contributed by atoms with Crippen LogP contribution in [0, 0.1) is 11.3 Å². The number of rotatable bonds is 2. The number of hydrogen-bond acceptors (Lipinski definition) is 3. The SMILES string of the molecule is OC1CCC(CN2CC3(CCOCC3)C2)CC1. The highest BCUT2D eigenvalue weighted by Gasteiger charge is 2.44. The van der Waals surface area contributed by atoms with E-state index in [2.05, 4.69) is 4.90 Å². The monoisotopic (exact) mass is 239 g/mol. The lowest BCUT2D eigenvalue weighted by Crippen LogP contribution is -2.59. The molecule has 0 atom stereocenters. The normalized spacial score (nSPS) is 37.9. The number of aliphatic hydroxyl groups excluding tert-OH is 1. The second-order valence-electron chi connectivity index (χ2n) is 6.46. The fourth-order valence-electron chi connectivity index (χ4n) is 3.84. The van der Waals surface area contributed by atoms with Gasteiger partial charge in [-0.3, -0.25) is 0 Å². The second kappa shape index (κ2) is 4.87. The molecule has 2 aliphatic heterocycles. The van der Waals surface area contributed by atoms with Crippen LogP contribution in [0.5, 0.6) is 0 Å². The van der Waals surface area contributed by atoms with Gasteiger partial charge in [0.05, 0.1) is 6.10 Å². The van der Waals surface area contributed by atoms with Crippen molar-refractivity contribution in [1.82, 2.24) is 4.90 Å². The molecule has 17 heavy (non-hydrogen) atoms. The standard InChI is InChI=1S/C14H25NO2/c16-13-3-1-12(2-4-13)9-15-10-14(11-15)5-7-17-8-6-14/h12-13,16H,1-11H2. The van der Waals surface area contributed by atoms with E-state index in [1.54, 1.807) is 0 Å². The molecule has 0 unspecified atom stereocenters. The van der Waals surface area contributed by atoms with Crippen molar-refractivity contribution in [2.45, 2.75) is 44.6 Å². The van der Waals surface area contributed by atoms with Crippen LogP contribution in [0.1, 0.15) is 38.5 Å². The molecule has 3 heteroatoms. The first-order chi connectivity index (χ1) is 8.26. The minimum Gasteiger partial charge on any atom is -0.393 e. The largest absolute Gasteiger partial charge is 0.393 e. The zero-order valence-corrected chi connectivity index (χ0v) is 10.7. The molecule has 3 rings (SSSR count). The van der Waals surface area contributed by atoms with Crippen molar-refractivity contribution < 1.29 is 9.84 Å². The first-order valence-corrected chi connectivity index (χ1v) is 7.24. The lowest BCUT2D eigenvalue weighted by atomic mass is 9.72. The highest BCUT2D eigenvalue weighted by Crippen LogP contribution is 2.40. The highest BCUT2D eigenvalue weighted by atomic mass is 16.5. The Kier molecular flexibility index (Phi) is 3.42. The lowest BCUT2D eigenvalue weighted by molar-refractivity contribution is -0.0875. The van der Waals surface area contributed by atoms with Gasteiger partial charge in [0.2, 0.25) is 0 Å². The number of nitrogens with zero attached hydrogens (tertiary/aromatic N) is 1. The quantitative estimate of drug-likeness (QED) is 0.795. The van der Waals surface area contributed by atoms with Crippen molar-refractivity contribution in [2.24, 2.45) is 11.3 Å². The molecule has 1 N–H and O–H groups in total. The maximum absolute atomic E-state index is 9.50. The molecule has 98 valence electrons. The highest BCUT2D eigenvalue weighted by molar-refractivity contribution is 4.96. The Bertz CT molecular complexity index is 247. The summed E-state index contributed by atoms with van der Waals surface area (Å²) in [6.07, 6.45) is 7.04. The summed E-state index contributed by atoms with van der Waals surface area (Å²) in [5.41, 5.74) is 0.617. The van der Waals surface area contributed by atoms with Gasteiger partial charge < -0.3 is 14.7 Å². The van der Waals surface area contributed by atoms with Crippen LogP contribution in [0.15, 0.2) is 0 Å². The fourth-order valence-corrected chi connectivity index (χ4v) is 3.84. The summed E-state index contributed by atoms with van der Waals surface area (Å²) < 4.78 is 5.45. The van der Waals surface area contributed by atoms with E-state index in [0.29, 0.717) is 5.41 Å². The van der Waals surface area contributed by atoms with Crippen LogP contribution in [-0.4, -0.2) is 49.0 Å². The molecule has 2 heterocycles. The van der Waals surface area contributed by atoms with Crippen molar-refractivity contribution >= 4 is 0 Å². The van der Waals surface area contributed by atoms with Gasteiger partial charge in [-0.15, -0.1) is 0 Å². The van der Waals surface area contributed by atoms with Crippen LogP contribution < -0.4 is 0 Å². The van der Waals surface area contributed by atoms with Gasteiger partial charge in [-0.1, -0.05) is 0 Å². The van der Waals surface area contributed by atoms with Gasteiger partial charge in [-0.25, -0.2) is 0 Å². The van der Waals surface area contributed by atoms with Crippen LogP contribution in [0.4, 0.5) is 0 Å². The van der Waals surface area contributed by atoms with Gasteiger partial charge in [0, 0.05) is 38.3 Å². The average molecular weight is 239 g/mol. The Morgan fingerprint density at radius 1 is 1.06 bits per heavy atom.